The minimum atomic E-state index is -0.736. The van der Waals surface area contributed by atoms with E-state index < -0.39 is 12.0 Å². The number of carbonyl (C=O) groups excluding carboxylic acids is 1. The average molecular weight is 325 g/mol. The number of nitro groups is 1. The van der Waals surface area contributed by atoms with Crippen molar-refractivity contribution in [1.82, 2.24) is 9.88 Å². The third-order valence-corrected chi connectivity index (χ3v) is 4.36. The van der Waals surface area contributed by atoms with Crippen LogP contribution in [0.3, 0.4) is 0 Å². The Hall–Kier alpha value is -2.76. The number of aromatic nitrogens is 1. The molecule has 0 saturated heterocycles. The predicted octanol–water partition coefficient (Wildman–Crippen LogP) is 2.58. The number of amides is 1. The lowest BCUT2D eigenvalue weighted by atomic mass is 10.1. The van der Waals surface area contributed by atoms with Gasteiger partial charge in [-0.15, -0.1) is 0 Å². The molecule has 2 aromatic rings. The lowest BCUT2D eigenvalue weighted by Crippen LogP contribution is -2.33. The first-order valence-corrected chi connectivity index (χ1v) is 7.93. The number of benzene rings is 1. The van der Waals surface area contributed by atoms with Crippen molar-refractivity contribution in [3.8, 4) is 0 Å². The molecule has 124 valence electrons. The molecule has 0 radical (unpaired) electrons. The van der Waals surface area contributed by atoms with Gasteiger partial charge in [-0.25, -0.2) is 0 Å². The topological polar surface area (TPSA) is 76.3 Å². The molecule has 6 heteroatoms. The Morgan fingerprint density at radius 2 is 2.00 bits per heavy atom. The Kier molecular flexibility index (Phi) is 4.55. The molecule has 0 N–H and O–H groups in total. The minimum absolute atomic E-state index is 0.161. The van der Waals surface area contributed by atoms with E-state index in [2.05, 4.69) is 4.98 Å². The molecule has 3 rings (SSSR count). The van der Waals surface area contributed by atoms with Gasteiger partial charge < -0.3 is 4.90 Å². The standard InChI is InChI=1S/C18H19N3O3/c1-13-6-2-3-7-14(13)11-20(12-15-8-4-5-9-19-15)18(22)16-10-17(16)21(23)24/h2-9,16-17H,10-12H2,1H3. The highest BCUT2D eigenvalue weighted by Crippen LogP contribution is 2.35. The van der Waals surface area contributed by atoms with Gasteiger partial charge >= 0.3 is 0 Å². The maximum atomic E-state index is 12.7. The summed E-state index contributed by atoms with van der Waals surface area (Å²) in [6.07, 6.45) is 2.01. The fourth-order valence-electron chi connectivity index (χ4n) is 2.81. The molecule has 1 aromatic heterocycles. The molecule has 1 aliphatic carbocycles. The fraction of sp³-hybridized carbons (Fsp3) is 0.333. The zero-order valence-electron chi connectivity index (χ0n) is 13.5. The summed E-state index contributed by atoms with van der Waals surface area (Å²) in [7, 11) is 0. The first-order chi connectivity index (χ1) is 11.6. The molecule has 1 aromatic carbocycles. The lowest BCUT2D eigenvalue weighted by molar-refractivity contribution is -0.497. The molecule has 1 fully saturated rings. The average Bonchev–Trinajstić information content (AvgIpc) is 3.37. The minimum Gasteiger partial charge on any atom is -0.332 e. The summed E-state index contributed by atoms with van der Waals surface area (Å²) in [6.45, 7) is 2.79. The molecule has 1 heterocycles. The van der Waals surface area contributed by atoms with E-state index in [4.69, 9.17) is 0 Å². The summed E-state index contributed by atoms with van der Waals surface area (Å²) in [5, 5.41) is 10.9. The van der Waals surface area contributed by atoms with Gasteiger partial charge in [-0.3, -0.25) is 19.9 Å². The third kappa shape index (κ3) is 3.59. The van der Waals surface area contributed by atoms with Crippen molar-refractivity contribution in [2.24, 2.45) is 5.92 Å². The monoisotopic (exact) mass is 325 g/mol. The van der Waals surface area contributed by atoms with E-state index in [-0.39, 0.29) is 10.8 Å². The zero-order chi connectivity index (χ0) is 17.1. The van der Waals surface area contributed by atoms with Crippen molar-refractivity contribution in [1.29, 1.82) is 0 Å². The highest BCUT2D eigenvalue weighted by molar-refractivity contribution is 5.82. The van der Waals surface area contributed by atoms with E-state index in [1.54, 1.807) is 11.1 Å². The van der Waals surface area contributed by atoms with Crippen LogP contribution in [0.4, 0.5) is 0 Å². The molecule has 1 amide bonds. The van der Waals surface area contributed by atoms with Crippen molar-refractivity contribution < 1.29 is 9.72 Å². The van der Waals surface area contributed by atoms with Gasteiger partial charge in [0.25, 0.3) is 0 Å². The Morgan fingerprint density at radius 1 is 1.25 bits per heavy atom. The van der Waals surface area contributed by atoms with Crippen molar-refractivity contribution in [2.75, 3.05) is 0 Å². The van der Waals surface area contributed by atoms with Crippen LogP contribution in [0.15, 0.2) is 48.7 Å². The molecule has 1 aliphatic rings. The van der Waals surface area contributed by atoms with E-state index in [1.807, 2.05) is 49.4 Å². The molecule has 24 heavy (non-hydrogen) atoms. The molecule has 2 unspecified atom stereocenters. The molecule has 0 bridgehead atoms. The molecular formula is C18H19N3O3. The number of hydrogen-bond donors (Lipinski definition) is 0. The first-order valence-electron chi connectivity index (χ1n) is 7.93. The summed E-state index contributed by atoms with van der Waals surface area (Å²) < 4.78 is 0. The van der Waals surface area contributed by atoms with Crippen molar-refractivity contribution in [2.45, 2.75) is 32.5 Å². The Bertz CT molecular complexity index is 748. The van der Waals surface area contributed by atoms with Gasteiger partial charge in [0, 0.05) is 24.1 Å². The molecule has 6 nitrogen and oxygen atoms in total. The van der Waals surface area contributed by atoms with Crippen LogP contribution in [0.2, 0.25) is 0 Å². The van der Waals surface area contributed by atoms with Crippen LogP contribution in [0.25, 0.3) is 0 Å². The number of rotatable bonds is 6. The zero-order valence-corrected chi connectivity index (χ0v) is 13.5. The maximum Gasteiger partial charge on any atom is 0.233 e. The van der Waals surface area contributed by atoms with Gasteiger partial charge in [0.05, 0.1) is 12.2 Å². The van der Waals surface area contributed by atoms with Gasteiger partial charge in [-0.1, -0.05) is 30.3 Å². The molecule has 2 atom stereocenters. The number of nitrogens with zero attached hydrogens (tertiary/aromatic N) is 3. The number of carbonyl (C=O) groups is 1. The smallest absolute Gasteiger partial charge is 0.233 e. The van der Waals surface area contributed by atoms with Gasteiger partial charge in [-0.05, 0) is 30.2 Å². The van der Waals surface area contributed by atoms with Gasteiger partial charge in [-0.2, -0.15) is 0 Å². The Labute approximate surface area is 140 Å². The second-order valence-electron chi connectivity index (χ2n) is 6.14. The van der Waals surface area contributed by atoms with Gasteiger partial charge in [0.1, 0.15) is 5.92 Å². The summed E-state index contributed by atoms with van der Waals surface area (Å²) >= 11 is 0. The van der Waals surface area contributed by atoms with E-state index in [0.29, 0.717) is 19.5 Å². The van der Waals surface area contributed by atoms with Crippen LogP contribution in [0, 0.1) is 23.0 Å². The van der Waals surface area contributed by atoms with Crippen molar-refractivity contribution >= 4 is 5.91 Å². The molecule has 0 aliphatic heterocycles. The second kappa shape index (κ2) is 6.78. The third-order valence-electron chi connectivity index (χ3n) is 4.36. The van der Waals surface area contributed by atoms with Gasteiger partial charge in [0.15, 0.2) is 0 Å². The summed E-state index contributed by atoms with van der Waals surface area (Å²) in [4.78, 5) is 29.2. The van der Waals surface area contributed by atoms with E-state index in [9.17, 15) is 14.9 Å². The van der Waals surface area contributed by atoms with Crippen molar-refractivity contribution in [3.05, 3.63) is 75.6 Å². The number of pyridine rings is 1. The summed E-state index contributed by atoms with van der Waals surface area (Å²) in [5.74, 6) is -0.668. The lowest BCUT2D eigenvalue weighted by Gasteiger charge is -2.23. The molecular weight excluding hydrogens is 306 g/mol. The Balaban J connectivity index is 1.80. The summed E-state index contributed by atoms with van der Waals surface area (Å²) in [6, 6.07) is 12.7. The highest BCUT2D eigenvalue weighted by Gasteiger charge is 2.54. The van der Waals surface area contributed by atoms with Crippen LogP contribution in [0.1, 0.15) is 23.2 Å². The van der Waals surface area contributed by atoms with Crippen LogP contribution < -0.4 is 0 Å². The van der Waals surface area contributed by atoms with Gasteiger partial charge in [0.2, 0.25) is 11.9 Å². The quantitative estimate of drug-likeness (QED) is 0.604. The molecule has 0 spiro atoms. The van der Waals surface area contributed by atoms with E-state index >= 15 is 0 Å². The van der Waals surface area contributed by atoms with Crippen molar-refractivity contribution in [3.63, 3.8) is 0 Å². The Morgan fingerprint density at radius 3 is 2.62 bits per heavy atom. The normalized spacial score (nSPS) is 18.9. The first kappa shape index (κ1) is 16.1. The fourth-order valence-corrected chi connectivity index (χ4v) is 2.81. The van der Waals surface area contributed by atoms with E-state index in [0.717, 1.165) is 16.8 Å². The number of aryl methyl sites for hydroxylation is 1. The SMILES string of the molecule is Cc1ccccc1CN(Cc1ccccn1)C(=O)C1CC1[N+](=O)[O-]. The predicted molar refractivity (Wildman–Crippen MR) is 88.6 cm³/mol. The maximum absolute atomic E-state index is 12.7. The highest BCUT2D eigenvalue weighted by atomic mass is 16.6. The molecule has 1 saturated carbocycles. The van der Waals surface area contributed by atoms with Crippen LogP contribution in [-0.2, 0) is 17.9 Å². The summed E-state index contributed by atoms with van der Waals surface area (Å²) in [5.41, 5.74) is 2.91. The second-order valence-corrected chi connectivity index (χ2v) is 6.14. The largest absolute Gasteiger partial charge is 0.332 e. The van der Waals surface area contributed by atoms with Crippen LogP contribution >= 0.6 is 0 Å². The number of hydrogen-bond acceptors (Lipinski definition) is 4. The van der Waals surface area contributed by atoms with E-state index in [1.165, 1.54) is 0 Å². The van der Waals surface area contributed by atoms with Crippen LogP contribution in [-0.4, -0.2) is 26.8 Å². The van der Waals surface area contributed by atoms with Crippen LogP contribution in [0.5, 0.6) is 0 Å².